The third-order valence-corrected chi connectivity index (χ3v) is 4.81. The van der Waals surface area contributed by atoms with E-state index >= 15 is 0 Å². The molecule has 9 heteroatoms. The monoisotopic (exact) mass is 371 g/mol. The number of aromatic nitrogens is 3. The average Bonchev–Trinajstić information content (AvgIpc) is 3.05. The van der Waals surface area contributed by atoms with Gasteiger partial charge in [-0.25, -0.2) is 0 Å². The number of nitro benzene ring substituents is 1. The SMILES string of the molecule is O=[N+]([O-])c1cccc(C2=Nn3c(nnc3-c3cccc(Cl)c3)SC2)c1. The van der Waals surface area contributed by atoms with Gasteiger partial charge in [-0.15, -0.1) is 10.2 Å². The van der Waals surface area contributed by atoms with Gasteiger partial charge in [-0.1, -0.05) is 47.6 Å². The van der Waals surface area contributed by atoms with Gasteiger partial charge < -0.3 is 0 Å². The van der Waals surface area contributed by atoms with E-state index in [1.165, 1.54) is 23.9 Å². The van der Waals surface area contributed by atoms with Crippen LogP contribution in [-0.4, -0.2) is 31.3 Å². The molecule has 0 atom stereocenters. The predicted octanol–water partition coefficient (Wildman–Crippen LogP) is 3.86. The van der Waals surface area contributed by atoms with Gasteiger partial charge in [0.15, 0.2) is 5.82 Å². The third kappa shape index (κ3) is 3.01. The Hall–Kier alpha value is -2.71. The lowest BCUT2D eigenvalue weighted by Crippen LogP contribution is -2.14. The third-order valence-electron chi connectivity index (χ3n) is 3.64. The van der Waals surface area contributed by atoms with Crippen molar-refractivity contribution in [1.29, 1.82) is 0 Å². The molecule has 0 unspecified atom stereocenters. The quantitative estimate of drug-likeness (QED) is 0.515. The number of benzene rings is 2. The highest BCUT2D eigenvalue weighted by Crippen LogP contribution is 2.29. The Kier molecular flexibility index (Phi) is 3.98. The summed E-state index contributed by atoms with van der Waals surface area (Å²) in [5, 5.41) is 25.2. The molecule has 124 valence electrons. The van der Waals surface area contributed by atoms with Crippen LogP contribution in [0.25, 0.3) is 11.4 Å². The van der Waals surface area contributed by atoms with Crippen LogP contribution in [0.15, 0.2) is 58.8 Å². The van der Waals surface area contributed by atoms with E-state index in [4.69, 9.17) is 11.6 Å². The zero-order chi connectivity index (χ0) is 17.4. The molecule has 0 aliphatic carbocycles. The van der Waals surface area contributed by atoms with Gasteiger partial charge in [-0.3, -0.25) is 10.1 Å². The molecule has 0 bridgehead atoms. The van der Waals surface area contributed by atoms with Gasteiger partial charge in [-0.2, -0.15) is 9.78 Å². The van der Waals surface area contributed by atoms with Crippen molar-refractivity contribution in [3.63, 3.8) is 0 Å². The van der Waals surface area contributed by atoms with Gasteiger partial charge in [0.05, 0.1) is 10.6 Å². The summed E-state index contributed by atoms with van der Waals surface area (Å²) < 4.78 is 1.65. The van der Waals surface area contributed by atoms with Crippen LogP contribution in [0.2, 0.25) is 5.02 Å². The smallest absolute Gasteiger partial charge is 0.258 e. The van der Waals surface area contributed by atoms with Crippen molar-refractivity contribution in [2.24, 2.45) is 5.10 Å². The van der Waals surface area contributed by atoms with Gasteiger partial charge in [0.25, 0.3) is 5.69 Å². The number of rotatable bonds is 3. The van der Waals surface area contributed by atoms with Crippen LogP contribution in [0, 0.1) is 10.1 Å². The molecule has 1 aliphatic heterocycles. The molecule has 1 aliphatic rings. The Labute approximate surface area is 151 Å². The Morgan fingerprint density at radius 3 is 2.72 bits per heavy atom. The molecule has 2 heterocycles. The first kappa shape index (κ1) is 15.8. The topological polar surface area (TPSA) is 86.2 Å². The van der Waals surface area contributed by atoms with Crippen LogP contribution in [-0.2, 0) is 0 Å². The number of hydrogen-bond acceptors (Lipinski definition) is 6. The second-order valence-electron chi connectivity index (χ2n) is 5.27. The summed E-state index contributed by atoms with van der Waals surface area (Å²) in [5.74, 6) is 1.14. The fourth-order valence-electron chi connectivity index (χ4n) is 2.48. The highest BCUT2D eigenvalue weighted by Gasteiger charge is 2.21. The summed E-state index contributed by atoms with van der Waals surface area (Å²) in [4.78, 5) is 10.6. The summed E-state index contributed by atoms with van der Waals surface area (Å²) in [7, 11) is 0. The second kappa shape index (κ2) is 6.30. The molecule has 1 aromatic heterocycles. The molecule has 4 rings (SSSR count). The fraction of sp³-hybridized carbons (Fsp3) is 0.0625. The first-order chi connectivity index (χ1) is 12.1. The normalized spacial score (nSPS) is 13.2. The van der Waals surface area contributed by atoms with Crippen LogP contribution < -0.4 is 0 Å². The van der Waals surface area contributed by atoms with Gasteiger partial charge >= 0.3 is 0 Å². The molecule has 0 saturated heterocycles. The Balaban J connectivity index is 1.79. The van der Waals surface area contributed by atoms with Crippen LogP contribution in [0.1, 0.15) is 5.56 Å². The van der Waals surface area contributed by atoms with E-state index in [1.807, 2.05) is 12.1 Å². The number of hydrogen-bond donors (Lipinski definition) is 0. The molecule has 0 saturated carbocycles. The summed E-state index contributed by atoms with van der Waals surface area (Å²) in [6.45, 7) is 0. The average molecular weight is 372 g/mol. The lowest BCUT2D eigenvalue weighted by molar-refractivity contribution is -0.384. The summed E-state index contributed by atoms with van der Waals surface area (Å²) in [6, 6.07) is 13.7. The molecule has 3 aromatic rings. The van der Waals surface area contributed by atoms with E-state index in [2.05, 4.69) is 15.3 Å². The van der Waals surface area contributed by atoms with E-state index in [9.17, 15) is 10.1 Å². The summed E-state index contributed by atoms with van der Waals surface area (Å²) in [5.41, 5.74) is 2.27. The zero-order valence-electron chi connectivity index (χ0n) is 12.7. The molecule has 0 radical (unpaired) electrons. The van der Waals surface area contributed by atoms with Crippen molar-refractivity contribution in [1.82, 2.24) is 14.9 Å². The van der Waals surface area contributed by atoms with Crippen molar-refractivity contribution in [3.8, 4) is 11.4 Å². The highest BCUT2D eigenvalue weighted by atomic mass is 35.5. The molecule has 2 aromatic carbocycles. The van der Waals surface area contributed by atoms with Crippen LogP contribution in [0.5, 0.6) is 0 Å². The van der Waals surface area contributed by atoms with Crippen molar-refractivity contribution >= 4 is 34.8 Å². The first-order valence-electron chi connectivity index (χ1n) is 7.28. The molecular weight excluding hydrogens is 362 g/mol. The number of halogens is 1. The van der Waals surface area contributed by atoms with E-state index in [1.54, 1.807) is 28.9 Å². The number of nitro groups is 1. The maximum atomic E-state index is 11.0. The molecule has 0 spiro atoms. The first-order valence-corrected chi connectivity index (χ1v) is 8.65. The van der Waals surface area contributed by atoms with Crippen molar-refractivity contribution < 1.29 is 4.92 Å². The molecule has 7 nitrogen and oxygen atoms in total. The lowest BCUT2D eigenvalue weighted by atomic mass is 10.1. The van der Waals surface area contributed by atoms with Gasteiger partial charge in [0, 0.05) is 34.0 Å². The minimum absolute atomic E-state index is 0.0369. The molecular formula is C16H10ClN5O2S. The minimum atomic E-state index is -0.415. The molecule has 0 fully saturated rings. The van der Waals surface area contributed by atoms with E-state index in [-0.39, 0.29) is 5.69 Å². The van der Waals surface area contributed by atoms with Crippen LogP contribution in [0.4, 0.5) is 5.69 Å². The van der Waals surface area contributed by atoms with Crippen LogP contribution in [0.3, 0.4) is 0 Å². The number of thioether (sulfide) groups is 1. The Morgan fingerprint density at radius 2 is 1.92 bits per heavy atom. The van der Waals surface area contributed by atoms with Gasteiger partial charge in [0.2, 0.25) is 5.16 Å². The fourth-order valence-corrected chi connectivity index (χ4v) is 3.50. The second-order valence-corrected chi connectivity index (χ2v) is 6.65. The number of nitrogens with zero attached hydrogens (tertiary/aromatic N) is 5. The summed E-state index contributed by atoms with van der Waals surface area (Å²) in [6.07, 6.45) is 0. The largest absolute Gasteiger partial charge is 0.270 e. The zero-order valence-corrected chi connectivity index (χ0v) is 14.2. The van der Waals surface area contributed by atoms with Gasteiger partial charge in [-0.05, 0) is 12.1 Å². The van der Waals surface area contributed by atoms with Crippen molar-refractivity contribution in [2.45, 2.75) is 5.16 Å². The van der Waals surface area contributed by atoms with Crippen molar-refractivity contribution in [2.75, 3.05) is 5.75 Å². The van der Waals surface area contributed by atoms with Gasteiger partial charge in [0.1, 0.15) is 0 Å². The standard InChI is InChI=1S/C16H10ClN5O2S/c17-12-5-1-4-11(7-12)15-18-19-16-21(15)20-14(9-25-16)10-3-2-6-13(8-10)22(23)24/h1-8H,9H2. The van der Waals surface area contributed by atoms with E-state index in [0.717, 1.165) is 11.3 Å². The number of fused-ring (bicyclic) bond motifs is 1. The highest BCUT2D eigenvalue weighted by molar-refractivity contribution is 7.99. The number of non-ortho nitro benzene ring substituents is 1. The Morgan fingerprint density at radius 1 is 1.12 bits per heavy atom. The van der Waals surface area contributed by atoms with Crippen molar-refractivity contribution in [3.05, 3.63) is 69.2 Å². The maximum Gasteiger partial charge on any atom is 0.270 e. The molecule has 0 amide bonds. The van der Waals surface area contributed by atoms with E-state index < -0.39 is 4.92 Å². The Bertz CT molecular complexity index is 1020. The molecule has 25 heavy (non-hydrogen) atoms. The summed E-state index contributed by atoms with van der Waals surface area (Å²) >= 11 is 7.54. The minimum Gasteiger partial charge on any atom is -0.258 e. The van der Waals surface area contributed by atoms with E-state index in [0.29, 0.717) is 27.3 Å². The lowest BCUT2D eigenvalue weighted by Gasteiger charge is -2.14. The predicted molar refractivity (Wildman–Crippen MR) is 96.2 cm³/mol. The molecule has 0 N–H and O–H groups in total. The maximum absolute atomic E-state index is 11.0. The van der Waals surface area contributed by atoms with Crippen LogP contribution >= 0.6 is 23.4 Å².